The van der Waals surface area contributed by atoms with Gasteiger partial charge in [-0.15, -0.1) is 0 Å². The Labute approximate surface area is 86.0 Å². The molecule has 0 spiro atoms. The van der Waals surface area contributed by atoms with Gasteiger partial charge in [0.2, 0.25) is 5.91 Å². The Morgan fingerprint density at radius 1 is 1.64 bits per heavy atom. The number of rotatable bonds is 2. The van der Waals surface area contributed by atoms with Gasteiger partial charge >= 0.3 is 0 Å². The first-order chi connectivity index (χ1) is 6.52. The fourth-order valence-corrected chi connectivity index (χ4v) is 2.14. The van der Waals surface area contributed by atoms with Gasteiger partial charge in [-0.2, -0.15) is 0 Å². The van der Waals surface area contributed by atoms with Gasteiger partial charge < -0.3 is 4.90 Å². The van der Waals surface area contributed by atoms with Crippen LogP contribution in [0.1, 0.15) is 19.8 Å². The van der Waals surface area contributed by atoms with Crippen LogP contribution in [0.25, 0.3) is 0 Å². The van der Waals surface area contributed by atoms with Crippen LogP contribution < -0.4 is 5.84 Å². The molecule has 1 fully saturated rings. The van der Waals surface area contributed by atoms with E-state index < -0.39 is 0 Å². The Balaban J connectivity index is 2.51. The molecule has 2 atom stereocenters. The average molecular weight is 199 g/mol. The maximum atomic E-state index is 11.6. The van der Waals surface area contributed by atoms with Crippen molar-refractivity contribution in [2.24, 2.45) is 17.7 Å². The predicted molar refractivity (Wildman–Crippen MR) is 56.3 cm³/mol. The molecule has 1 aliphatic heterocycles. The van der Waals surface area contributed by atoms with Gasteiger partial charge in [0.25, 0.3) is 0 Å². The number of carbonyl (C=O) groups excluding carboxylic acids is 1. The molecule has 1 rings (SSSR count). The van der Waals surface area contributed by atoms with E-state index in [1.54, 1.807) is 7.05 Å². The fraction of sp³-hybridized carbons (Fsp3) is 0.900. The summed E-state index contributed by atoms with van der Waals surface area (Å²) in [5.41, 5.74) is 0. The zero-order valence-corrected chi connectivity index (χ0v) is 9.36. The molecule has 1 saturated heterocycles. The van der Waals surface area contributed by atoms with Gasteiger partial charge in [0, 0.05) is 19.5 Å². The summed E-state index contributed by atoms with van der Waals surface area (Å²) in [7, 11) is 3.72. The second-order valence-electron chi connectivity index (χ2n) is 4.40. The van der Waals surface area contributed by atoms with Crippen molar-refractivity contribution in [3.05, 3.63) is 0 Å². The van der Waals surface area contributed by atoms with E-state index in [2.05, 4.69) is 11.9 Å². The maximum Gasteiger partial charge on any atom is 0.239 e. The van der Waals surface area contributed by atoms with E-state index in [1.807, 2.05) is 6.92 Å². The van der Waals surface area contributed by atoms with Gasteiger partial charge in [-0.05, 0) is 32.4 Å². The first-order valence-corrected chi connectivity index (χ1v) is 5.23. The van der Waals surface area contributed by atoms with Gasteiger partial charge in [-0.1, -0.05) is 6.92 Å². The largest absolute Gasteiger partial charge is 0.306 e. The van der Waals surface area contributed by atoms with Crippen molar-refractivity contribution in [2.45, 2.75) is 19.8 Å². The lowest BCUT2D eigenvalue weighted by atomic mass is 9.86. The number of likely N-dealkylation sites (tertiary alicyclic amines) is 1. The standard InChI is InChI=1S/C10H21N3O/c1-8(10(14)13(3)11)9-5-4-6-12(2)7-9/h8-9H,4-7,11H2,1-3H3. The van der Waals surface area contributed by atoms with Crippen molar-refractivity contribution in [3.63, 3.8) is 0 Å². The summed E-state index contributed by atoms with van der Waals surface area (Å²) in [5, 5.41) is 1.21. The van der Waals surface area contributed by atoms with E-state index in [-0.39, 0.29) is 11.8 Å². The SMILES string of the molecule is CC(C(=O)N(C)N)C1CCCN(C)C1. The highest BCUT2D eigenvalue weighted by Crippen LogP contribution is 2.23. The van der Waals surface area contributed by atoms with E-state index in [0.29, 0.717) is 5.92 Å². The Morgan fingerprint density at radius 3 is 2.79 bits per heavy atom. The first kappa shape index (κ1) is 11.5. The van der Waals surface area contributed by atoms with E-state index in [0.717, 1.165) is 19.5 Å². The van der Waals surface area contributed by atoms with Gasteiger partial charge in [0.15, 0.2) is 0 Å². The van der Waals surface area contributed by atoms with Gasteiger partial charge in [-0.3, -0.25) is 9.80 Å². The van der Waals surface area contributed by atoms with Crippen molar-refractivity contribution >= 4 is 5.91 Å². The molecule has 1 aliphatic rings. The van der Waals surface area contributed by atoms with Crippen molar-refractivity contribution in [1.82, 2.24) is 9.91 Å². The van der Waals surface area contributed by atoms with Crippen molar-refractivity contribution in [1.29, 1.82) is 0 Å². The molecule has 1 heterocycles. The van der Waals surface area contributed by atoms with Crippen LogP contribution in [0.2, 0.25) is 0 Å². The number of carbonyl (C=O) groups is 1. The Kier molecular flexibility index (Phi) is 3.89. The second-order valence-corrected chi connectivity index (χ2v) is 4.40. The zero-order chi connectivity index (χ0) is 10.7. The third-order valence-corrected chi connectivity index (χ3v) is 3.11. The molecule has 0 aliphatic carbocycles. The lowest BCUT2D eigenvalue weighted by molar-refractivity contribution is -0.136. The third kappa shape index (κ3) is 2.69. The highest BCUT2D eigenvalue weighted by Gasteiger charge is 2.28. The van der Waals surface area contributed by atoms with E-state index in [9.17, 15) is 4.79 Å². The van der Waals surface area contributed by atoms with Crippen LogP contribution >= 0.6 is 0 Å². The Morgan fingerprint density at radius 2 is 2.29 bits per heavy atom. The molecule has 14 heavy (non-hydrogen) atoms. The van der Waals surface area contributed by atoms with Crippen LogP contribution in [0.15, 0.2) is 0 Å². The van der Waals surface area contributed by atoms with Crippen LogP contribution in [0.5, 0.6) is 0 Å². The monoisotopic (exact) mass is 199 g/mol. The minimum atomic E-state index is 0.0466. The summed E-state index contributed by atoms with van der Waals surface area (Å²) < 4.78 is 0. The lowest BCUT2D eigenvalue weighted by Gasteiger charge is -2.33. The van der Waals surface area contributed by atoms with Crippen molar-refractivity contribution < 1.29 is 4.79 Å². The molecule has 0 aromatic rings. The molecule has 0 saturated carbocycles. The highest BCUT2D eigenvalue weighted by atomic mass is 16.2. The summed E-state index contributed by atoms with van der Waals surface area (Å²) in [6.45, 7) is 4.14. The normalized spacial score (nSPS) is 25.9. The van der Waals surface area contributed by atoms with E-state index >= 15 is 0 Å². The molecule has 0 aromatic heterocycles. The summed E-state index contributed by atoms with van der Waals surface area (Å²) in [4.78, 5) is 13.9. The smallest absolute Gasteiger partial charge is 0.239 e. The molecule has 1 amide bonds. The Bertz CT molecular complexity index is 206. The minimum Gasteiger partial charge on any atom is -0.306 e. The molecule has 2 N–H and O–H groups in total. The number of amides is 1. The molecule has 82 valence electrons. The lowest BCUT2D eigenvalue weighted by Crippen LogP contribution is -2.44. The molecule has 0 aromatic carbocycles. The first-order valence-electron chi connectivity index (χ1n) is 5.23. The number of nitrogens with two attached hydrogens (primary N) is 1. The van der Waals surface area contributed by atoms with E-state index in [1.165, 1.54) is 11.4 Å². The number of hydrogen-bond acceptors (Lipinski definition) is 3. The van der Waals surface area contributed by atoms with Crippen LogP contribution in [0.4, 0.5) is 0 Å². The number of hydrogen-bond donors (Lipinski definition) is 1. The van der Waals surface area contributed by atoms with Gasteiger partial charge in [-0.25, -0.2) is 5.84 Å². The molecule has 0 radical (unpaired) electrons. The summed E-state index contributed by atoms with van der Waals surface area (Å²) >= 11 is 0. The fourth-order valence-electron chi connectivity index (χ4n) is 2.14. The molecular formula is C10H21N3O. The van der Waals surface area contributed by atoms with Crippen molar-refractivity contribution in [3.8, 4) is 0 Å². The highest BCUT2D eigenvalue weighted by molar-refractivity contribution is 5.77. The third-order valence-electron chi connectivity index (χ3n) is 3.11. The molecular weight excluding hydrogens is 178 g/mol. The van der Waals surface area contributed by atoms with Crippen LogP contribution in [-0.2, 0) is 4.79 Å². The van der Waals surface area contributed by atoms with Crippen LogP contribution in [-0.4, -0.2) is 43.0 Å². The molecule has 2 unspecified atom stereocenters. The molecule has 4 nitrogen and oxygen atoms in total. The topological polar surface area (TPSA) is 49.6 Å². The number of piperidine rings is 1. The second kappa shape index (κ2) is 4.75. The molecule has 0 bridgehead atoms. The summed E-state index contributed by atoms with van der Waals surface area (Å²) in [6, 6.07) is 0. The van der Waals surface area contributed by atoms with Crippen LogP contribution in [0, 0.1) is 11.8 Å². The minimum absolute atomic E-state index is 0.0466. The quantitative estimate of drug-likeness (QED) is 0.395. The zero-order valence-electron chi connectivity index (χ0n) is 9.36. The number of hydrazine groups is 1. The van der Waals surface area contributed by atoms with Crippen LogP contribution in [0.3, 0.4) is 0 Å². The maximum absolute atomic E-state index is 11.6. The average Bonchev–Trinajstić information content (AvgIpc) is 2.15. The van der Waals surface area contributed by atoms with Gasteiger partial charge in [0.1, 0.15) is 0 Å². The summed E-state index contributed by atoms with van der Waals surface area (Å²) in [5.74, 6) is 6.01. The molecule has 4 heteroatoms. The van der Waals surface area contributed by atoms with Gasteiger partial charge in [0.05, 0.1) is 0 Å². The predicted octanol–water partition coefficient (Wildman–Crippen LogP) is 0.296. The Hall–Kier alpha value is -0.610. The van der Waals surface area contributed by atoms with Crippen molar-refractivity contribution in [2.75, 3.05) is 27.2 Å². The number of nitrogens with zero attached hydrogens (tertiary/aromatic N) is 2. The van der Waals surface area contributed by atoms with E-state index in [4.69, 9.17) is 5.84 Å². The summed E-state index contributed by atoms with van der Waals surface area (Å²) in [6.07, 6.45) is 2.33.